The molecule has 0 fully saturated rings. The van der Waals surface area contributed by atoms with E-state index in [0.29, 0.717) is 15.6 Å². The molecular formula is C7H6BIO3. The minimum Gasteiger partial charge on any atom is -0.507 e. The smallest absolute Gasteiger partial charge is 0.492 e. The van der Waals surface area contributed by atoms with Gasteiger partial charge in [0, 0.05) is 5.46 Å². The quantitative estimate of drug-likeness (QED) is 0.526. The van der Waals surface area contributed by atoms with Crippen LogP contribution in [-0.2, 0) is 11.3 Å². The molecule has 12 heavy (non-hydrogen) atoms. The van der Waals surface area contributed by atoms with Gasteiger partial charge in [-0.05, 0) is 34.2 Å². The van der Waals surface area contributed by atoms with Crippen LogP contribution in [0.25, 0.3) is 0 Å². The summed E-state index contributed by atoms with van der Waals surface area (Å²) in [5.41, 5.74) is 1.65. The summed E-state index contributed by atoms with van der Waals surface area (Å²) in [6.45, 7) is 0.423. The van der Waals surface area contributed by atoms with E-state index in [1.54, 1.807) is 12.1 Å². The summed E-state index contributed by atoms with van der Waals surface area (Å²) in [7, 11) is -0.876. The highest BCUT2D eigenvalue weighted by molar-refractivity contribution is 14.1. The zero-order chi connectivity index (χ0) is 8.72. The van der Waals surface area contributed by atoms with Gasteiger partial charge < -0.3 is 14.8 Å². The average Bonchev–Trinajstić information content (AvgIpc) is 2.41. The minimum absolute atomic E-state index is 0.193. The molecule has 1 aliphatic rings. The zero-order valence-corrected chi connectivity index (χ0v) is 8.28. The number of phenolic OH excluding ortho intramolecular Hbond substituents is 1. The lowest BCUT2D eigenvalue weighted by Crippen LogP contribution is -2.30. The lowest BCUT2D eigenvalue weighted by atomic mass is 9.79. The molecule has 1 aromatic rings. The third kappa shape index (κ3) is 1.12. The van der Waals surface area contributed by atoms with Crippen LogP contribution in [0.1, 0.15) is 5.56 Å². The third-order valence-electron chi connectivity index (χ3n) is 1.89. The molecule has 0 unspecified atom stereocenters. The van der Waals surface area contributed by atoms with E-state index in [1.165, 1.54) is 0 Å². The number of fused-ring (bicyclic) bond motifs is 1. The monoisotopic (exact) mass is 276 g/mol. The van der Waals surface area contributed by atoms with Crippen LogP contribution >= 0.6 is 22.6 Å². The highest BCUT2D eigenvalue weighted by Gasteiger charge is 2.30. The molecule has 3 nitrogen and oxygen atoms in total. The molecule has 1 heterocycles. The second-order valence-electron chi connectivity index (χ2n) is 2.63. The van der Waals surface area contributed by atoms with Gasteiger partial charge in [0.2, 0.25) is 0 Å². The Labute approximate surface area is 83.6 Å². The van der Waals surface area contributed by atoms with Gasteiger partial charge in [0.25, 0.3) is 0 Å². The standard InChI is InChI=1S/C7H6BIO3/c9-7-5(10)2-1-4-3-12-8(11)6(4)7/h1-2,10-11H,3H2. The van der Waals surface area contributed by atoms with Crippen LogP contribution in [0.3, 0.4) is 0 Å². The van der Waals surface area contributed by atoms with E-state index < -0.39 is 7.12 Å². The van der Waals surface area contributed by atoms with Crippen molar-refractivity contribution in [2.45, 2.75) is 6.61 Å². The molecule has 0 aliphatic carbocycles. The first kappa shape index (κ1) is 8.34. The van der Waals surface area contributed by atoms with Gasteiger partial charge in [0.1, 0.15) is 5.75 Å². The van der Waals surface area contributed by atoms with E-state index in [4.69, 9.17) is 4.65 Å². The number of benzene rings is 1. The molecule has 2 rings (SSSR count). The highest BCUT2D eigenvalue weighted by atomic mass is 127. The van der Waals surface area contributed by atoms with E-state index in [9.17, 15) is 10.1 Å². The first-order chi connectivity index (χ1) is 5.70. The molecule has 0 saturated heterocycles. The first-order valence-electron chi connectivity index (χ1n) is 3.50. The van der Waals surface area contributed by atoms with Gasteiger partial charge in [-0.25, -0.2) is 0 Å². The van der Waals surface area contributed by atoms with Crippen LogP contribution in [0, 0.1) is 3.57 Å². The summed E-state index contributed by atoms with van der Waals surface area (Å²) in [6.07, 6.45) is 0. The second-order valence-corrected chi connectivity index (χ2v) is 3.71. The maximum Gasteiger partial charge on any atom is 0.492 e. The van der Waals surface area contributed by atoms with Crippen LogP contribution < -0.4 is 5.46 Å². The maximum atomic E-state index is 9.35. The summed E-state index contributed by atoms with van der Waals surface area (Å²) >= 11 is 2.00. The molecular weight excluding hydrogens is 270 g/mol. The number of hydrogen-bond donors (Lipinski definition) is 2. The number of hydrogen-bond acceptors (Lipinski definition) is 3. The Hall–Kier alpha value is -0.265. The van der Waals surface area contributed by atoms with Crippen LogP contribution in [-0.4, -0.2) is 17.2 Å². The molecule has 0 bridgehead atoms. The summed E-state index contributed by atoms with van der Waals surface area (Å²) in [4.78, 5) is 0. The molecule has 5 heteroatoms. The molecule has 0 radical (unpaired) electrons. The van der Waals surface area contributed by atoms with Gasteiger partial charge in [-0.1, -0.05) is 6.07 Å². The third-order valence-corrected chi connectivity index (χ3v) is 3.03. The summed E-state index contributed by atoms with van der Waals surface area (Å²) in [5.74, 6) is 0.193. The fourth-order valence-electron chi connectivity index (χ4n) is 1.27. The van der Waals surface area contributed by atoms with Crippen molar-refractivity contribution < 1.29 is 14.8 Å². The molecule has 0 saturated carbocycles. The predicted octanol–water partition coefficient (Wildman–Crippen LogP) is 0.215. The van der Waals surface area contributed by atoms with Crippen molar-refractivity contribution in [3.8, 4) is 5.75 Å². The largest absolute Gasteiger partial charge is 0.507 e. The van der Waals surface area contributed by atoms with Gasteiger partial charge in [-0.3, -0.25) is 0 Å². The molecule has 62 valence electrons. The fourth-order valence-corrected chi connectivity index (χ4v) is 2.06. The Morgan fingerprint density at radius 1 is 1.50 bits per heavy atom. The minimum atomic E-state index is -0.876. The normalized spacial score (nSPS) is 15.0. The Morgan fingerprint density at radius 2 is 2.25 bits per heavy atom. The zero-order valence-electron chi connectivity index (χ0n) is 6.12. The van der Waals surface area contributed by atoms with Gasteiger partial charge in [0.05, 0.1) is 10.2 Å². The van der Waals surface area contributed by atoms with Gasteiger partial charge in [-0.2, -0.15) is 0 Å². The predicted molar refractivity (Wildman–Crippen MR) is 53.2 cm³/mol. The van der Waals surface area contributed by atoms with E-state index >= 15 is 0 Å². The Bertz CT molecular complexity index is 329. The highest BCUT2D eigenvalue weighted by Crippen LogP contribution is 2.22. The number of aromatic hydroxyl groups is 1. The Balaban J connectivity index is 2.63. The first-order valence-corrected chi connectivity index (χ1v) is 4.58. The second kappa shape index (κ2) is 2.90. The van der Waals surface area contributed by atoms with Crippen molar-refractivity contribution in [1.82, 2.24) is 0 Å². The van der Waals surface area contributed by atoms with Crippen molar-refractivity contribution in [3.05, 3.63) is 21.3 Å². The van der Waals surface area contributed by atoms with E-state index in [2.05, 4.69) is 0 Å². The van der Waals surface area contributed by atoms with Crippen molar-refractivity contribution in [1.29, 1.82) is 0 Å². The van der Waals surface area contributed by atoms with Crippen molar-refractivity contribution >= 4 is 35.2 Å². The molecule has 1 aliphatic heterocycles. The molecule has 2 N–H and O–H groups in total. The van der Waals surface area contributed by atoms with Crippen molar-refractivity contribution in [2.24, 2.45) is 0 Å². The van der Waals surface area contributed by atoms with Gasteiger partial charge >= 0.3 is 7.12 Å². The number of phenols is 1. The lowest BCUT2D eigenvalue weighted by molar-refractivity contribution is 0.275. The van der Waals surface area contributed by atoms with E-state index in [-0.39, 0.29) is 5.75 Å². The lowest BCUT2D eigenvalue weighted by Gasteiger charge is -2.03. The molecule has 0 atom stereocenters. The number of halogens is 1. The maximum absolute atomic E-state index is 9.35. The van der Waals surface area contributed by atoms with Gasteiger partial charge in [-0.15, -0.1) is 0 Å². The van der Waals surface area contributed by atoms with Crippen molar-refractivity contribution in [2.75, 3.05) is 0 Å². The van der Waals surface area contributed by atoms with Gasteiger partial charge in [0.15, 0.2) is 0 Å². The van der Waals surface area contributed by atoms with Crippen LogP contribution in [0.15, 0.2) is 12.1 Å². The van der Waals surface area contributed by atoms with Crippen LogP contribution in [0.4, 0.5) is 0 Å². The van der Waals surface area contributed by atoms with Crippen LogP contribution in [0.2, 0.25) is 0 Å². The average molecular weight is 276 g/mol. The number of rotatable bonds is 0. The Kier molecular flexibility index (Phi) is 2.01. The SMILES string of the molecule is OB1OCc2ccc(O)c(I)c21. The molecule has 0 amide bonds. The van der Waals surface area contributed by atoms with Crippen LogP contribution in [0.5, 0.6) is 5.75 Å². The van der Waals surface area contributed by atoms with E-state index in [1.807, 2.05) is 22.6 Å². The topological polar surface area (TPSA) is 49.7 Å². The van der Waals surface area contributed by atoms with Crippen molar-refractivity contribution in [3.63, 3.8) is 0 Å². The molecule has 0 spiro atoms. The van der Waals surface area contributed by atoms with E-state index in [0.717, 1.165) is 5.56 Å². The fraction of sp³-hybridized carbons (Fsp3) is 0.143. The summed E-state index contributed by atoms with van der Waals surface area (Å²) in [5, 5.41) is 18.7. The molecule has 1 aromatic carbocycles. The molecule has 0 aromatic heterocycles. The summed E-state index contributed by atoms with van der Waals surface area (Å²) < 4.78 is 5.67. The summed E-state index contributed by atoms with van der Waals surface area (Å²) in [6, 6.07) is 3.38. The Morgan fingerprint density at radius 3 is 3.00 bits per heavy atom.